The molecule has 0 amide bonds. The summed E-state index contributed by atoms with van der Waals surface area (Å²) in [7, 11) is 0. The van der Waals surface area contributed by atoms with Crippen molar-refractivity contribution in [1.29, 1.82) is 0 Å². The van der Waals surface area contributed by atoms with Crippen LogP contribution in [0.3, 0.4) is 0 Å². The van der Waals surface area contributed by atoms with Gasteiger partial charge >= 0.3 is 0 Å². The van der Waals surface area contributed by atoms with Crippen LogP contribution >= 0.6 is 11.6 Å². The molecule has 0 radical (unpaired) electrons. The summed E-state index contributed by atoms with van der Waals surface area (Å²) in [5, 5.41) is 28.6. The van der Waals surface area contributed by atoms with Gasteiger partial charge in [-0.3, -0.25) is 4.90 Å². The molecule has 0 saturated carbocycles. The van der Waals surface area contributed by atoms with Crippen LogP contribution in [-0.4, -0.2) is 53.1 Å². The maximum absolute atomic E-state index is 10.1. The van der Waals surface area contributed by atoms with Gasteiger partial charge in [0, 0.05) is 24.7 Å². The second kappa shape index (κ2) is 8.51. The van der Waals surface area contributed by atoms with Gasteiger partial charge in [-0.05, 0) is 30.5 Å². The van der Waals surface area contributed by atoms with Crippen molar-refractivity contribution in [3.05, 3.63) is 34.3 Å². The lowest BCUT2D eigenvalue weighted by Gasteiger charge is -2.22. The first-order chi connectivity index (χ1) is 9.08. The maximum Gasteiger partial charge on any atom is 0.0802 e. The Labute approximate surface area is 119 Å². The number of hydrogen-bond acceptors (Lipinski definition) is 4. The Morgan fingerprint density at radius 1 is 1.16 bits per heavy atom. The van der Waals surface area contributed by atoms with Crippen LogP contribution in [0.4, 0.5) is 0 Å². The van der Waals surface area contributed by atoms with Crippen molar-refractivity contribution in [1.82, 2.24) is 4.90 Å². The summed E-state index contributed by atoms with van der Waals surface area (Å²) in [6, 6.07) is 5.49. The van der Waals surface area contributed by atoms with Crippen LogP contribution in [0.5, 0.6) is 0 Å². The lowest BCUT2D eigenvalue weighted by molar-refractivity contribution is 0.118. The van der Waals surface area contributed by atoms with E-state index in [9.17, 15) is 5.11 Å². The number of rotatable bonds is 8. The topological polar surface area (TPSA) is 63.9 Å². The zero-order chi connectivity index (χ0) is 14.3. The first kappa shape index (κ1) is 16.4. The summed E-state index contributed by atoms with van der Waals surface area (Å²) in [6.45, 7) is 3.65. The molecule has 0 bridgehead atoms. The van der Waals surface area contributed by atoms with E-state index in [2.05, 4.69) is 0 Å². The largest absolute Gasteiger partial charge is 0.395 e. The molecule has 1 rings (SSSR count). The highest BCUT2D eigenvalue weighted by Crippen LogP contribution is 2.22. The van der Waals surface area contributed by atoms with Crippen LogP contribution in [0.15, 0.2) is 18.2 Å². The monoisotopic (exact) mass is 287 g/mol. The second-order valence-corrected chi connectivity index (χ2v) is 5.01. The Morgan fingerprint density at radius 3 is 2.32 bits per heavy atom. The standard InChI is InChI=1S/C14H22ClNO3/c1-11-10-12(2-3-13(11)15)14(19)4-5-16(6-8-17)7-9-18/h2-3,10,14,17-19H,4-9H2,1H3. The van der Waals surface area contributed by atoms with Crippen molar-refractivity contribution >= 4 is 11.6 Å². The Kier molecular flexibility index (Phi) is 7.34. The van der Waals surface area contributed by atoms with E-state index in [0.717, 1.165) is 11.1 Å². The fourth-order valence-electron chi connectivity index (χ4n) is 1.96. The lowest BCUT2D eigenvalue weighted by atomic mass is 10.0. The van der Waals surface area contributed by atoms with Gasteiger partial charge in [-0.25, -0.2) is 0 Å². The highest BCUT2D eigenvalue weighted by Gasteiger charge is 2.11. The normalized spacial score (nSPS) is 12.9. The quantitative estimate of drug-likeness (QED) is 0.675. The van der Waals surface area contributed by atoms with Crippen molar-refractivity contribution in [2.45, 2.75) is 19.4 Å². The first-order valence-corrected chi connectivity index (χ1v) is 6.84. The summed E-state index contributed by atoms with van der Waals surface area (Å²) < 4.78 is 0. The van der Waals surface area contributed by atoms with Gasteiger partial charge in [0.05, 0.1) is 19.3 Å². The average molecular weight is 288 g/mol. The molecule has 0 aliphatic carbocycles. The van der Waals surface area contributed by atoms with Crippen molar-refractivity contribution in [3.8, 4) is 0 Å². The van der Waals surface area contributed by atoms with Gasteiger partial charge in [0.2, 0.25) is 0 Å². The Bertz CT molecular complexity index is 381. The van der Waals surface area contributed by atoms with Crippen LogP contribution < -0.4 is 0 Å². The maximum atomic E-state index is 10.1. The number of halogens is 1. The molecular formula is C14H22ClNO3. The van der Waals surface area contributed by atoms with E-state index in [1.807, 2.05) is 24.0 Å². The van der Waals surface area contributed by atoms with Gasteiger partial charge in [-0.15, -0.1) is 0 Å². The van der Waals surface area contributed by atoms with Gasteiger partial charge < -0.3 is 15.3 Å². The number of aliphatic hydroxyl groups excluding tert-OH is 3. The van der Waals surface area contributed by atoms with E-state index in [1.54, 1.807) is 6.07 Å². The first-order valence-electron chi connectivity index (χ1n) is 6.46. The molecular weight excluding hydrogens is 266 g/mol. The molecule has 4 nitrogen and oxygen atoms in total. The minimum Gasteiger partial charge on any atom is -0.395 e. The second-order valence-electron chi connectivity index (χ2n) is 4.60. The van der Waals surface area contributed by atoms with Crippen LogP contribution in [-0.2, 0) is 0 Å². The molecule has 108 valence electrons. The van der Waals surface area contributed by atoms with Crippen LogP contribution in [0, 0.1) is 6.92 Å². The Morgan fingerprint density at radius 2 is 1.79 bits per heavy atom. The fraction of sp³-hybridized carbons (Fsp3) is 0.571. The van der Waals surface area contributed by atoms with E-state index < -0.39 is 6.10 Å². The van der Waals surface area contributed by atoms with Crippen LogP contribution in [0.25, 0.3) is 0 Å². The van der Waals surface area contributed by atoms with Gasteiger partial charge in [0.15, 0.2) is 0 Å². The van der Waals surface area contributed by atoms with Crippen molar-refractivity contribution in [2.24, 2.45) is 0 Å². The van der Waals surface area contributed by atoms with Gasteiger partial charge in [-0.2, -0.15) is 0 Å². The molecule has 0 spiro atoms. The number of benzene rings is 1. The molecule has 3 N–H and O–H groups in total. The van der Waals surface area contributed by atoms with E-state index in [4.69, 9.17) is 21.8 Å². The molecule has 0 heterocycles. The molecule has 1 aromatic rings. The minimum atomic E-state index is -0.559. The predicted octanol–water partition coefficient (Wildman–Crippen LogP) is 1.36. The molecule has 0 aromatic heterocycles. The third-order valence-corrected chi connectivity index (χ3v) is 3.54. The van der Waals surface area contributed by atoms with Gasteiger partial charge in [0.1, 0.15) is 0 Å². The summed E-state index contributed by atoms with van der Waals surface area (Å²) in [5.41, 5.74) is 1.79. The van der Waals surface area contributed by atoms with Crippen LogP contribution in [0.2, 0.25) is 5.02 Å². The highest BCUT2D eigenvalue weighted by atomic mass is 35.5. The van der Waals surface area contributed by atoms with Crippen molar-refractivity contribution in [3.63, 3.8) is 0 Å². The fourth-order valence-corrected chi connectivity index (χ4v) is 2.08. The van der Waals surface area contributed by atoms with E-state index >= 15 is 0 Å². The number of hydrogen-bond donors (Lipinski definition) is 3. The summed E-state index contributed by atoms with van der Waals surface area (Å²) >= 11 is 5.95. The van der Waals surface area contributed by atoms with Crippen molar-refractivity contribution < 1.29 is 15.3 Å². The zero-order valence-electron chi connectivity index (χ0n) is 11.2. The van der Waals surface area contributed by atoms with E-state index in [1.165, 1.54) is 0 Å². The van der Waals surface area contributed by atoms with E-state index in [-0.39, 0.29) is 13.2 Å². The predicted molar refractivity (Wildman–Crippen MR) is 76.4 cm³/mol. The summed E-state index contributed by atoms with van der Waals surface area (Å²) in [5.74, 6) is 0. The highest BCUT2D eigenvalue weighted by molar-refractivity contribution is 6.31. The Hall–Kier alpha value is -0.650. The van der Waals surface area contributed by atoms with Gasteiger partial charge in [-0.1, -0.05) is 23.7 Å². The molecule has 0 aliphatic heterocycles. The summed E-state index contributed by atoms with van der Waals surface area (Å²) in [6.07, 6.45) is -0.00278. The lowest BCUT2D eigenvalue weighted by Crippen LogP contribution is -2.31. The molecule has 0 fully saturated rings. The molecule has 0 saturated heterocycles. The molecule has 19 heavy (non-hydrogen) atoms. The molecule has 1 unspecified atom stereocenters. The number of aryl methyl sites for hydroxylation is 1. The smallest absolute Gasteiger partial charge is 0.0802 e. The average Bonchev–Trinajstić information content (AvgIpc) is 2.39. The van der Waals surface area contributed by atoms with Crippen LogP contribution in [0.1, 0.15) is 23.7 Å². The third-order valence-electron chi connectivity index (χ3n) is 3.12. The molecule has 1 aromatic carbocycles. The molecule has 0 aliphatic rings. The third kappa shape index (κ3) is 5.47. The molecule has 5 heteroatoms. The Balaban J connectivity index is 2.53. The number of aliphatic hydroxyl groups is 3. The zero-order valence-corrected chi connectivity index (χ0v) is 12.0. The van der Waals surface area contributed by atoms with E-state index in [0.29, 0.717) is 31.1 Å². The summed E-state index contributed by atoms with van der Waals surface area (Å²) in [4.78, 5) is 1.92. The SMILES string of the molecule is Cc1cc(C(O)CCN(CCO)CCO)ccc1Cl. The minimum absolute atomic E-state index is 0.0517. The number of nitrogens with zero attached hydrogens (tertiary/aromatic N) is 1. The van der Waals surface area contributed by atoms with Gasteiger partial charge in [0.25, 0.3) is 0 Å². The molecule has 1 atom stereocenters. The van der Waals surface area contributed by atoms with Crippen molar-refractivity contribution in [2.75, 3.05) is 32.8 Å².